The van der Waals surface area contributed by atoms with Crippen LogP contribution in [0.3, 0.4) is 0 Å². The first-order valence-corrected chi connectivity index (χ1v) is 8.58. The van der Waals surface area contributed by atoms with Gasteiger partial charge in [-0.3, -0.25) is 4.90 Å². The van der Waals surface area contributed by atoms with E-state index in [2.05, 4.69) is 9.80 Å². The molecule has 20 heavy (non-hydrogen) atoms. The van der Waals surface area contributed by atoms with Crippen LogP contribution in [0.25, 0.3) is 0 Å². The largest absolute Gasteiger partial charge is 0.391 e. The predicted molar refractivity (Wildman–Crippen MR) is 79.9 cm³/mol. The molecule has 1 saturated carbocycles. The zero-order valence-corrected chi connectivity index (χ0v) is 12.7. The van der Waals surface area contributed by atoms with Gasteiger partial charge in [-0.05, 0) is 25.7 Å². The molecule has 4 nitrogen and oxygen atoms in total. The van der Waals surface area contributed by atoms with Gasteiger partial charge in [-0.25, -0.2) is 0 Å². The van der Waals surface area contributed by atoms with Crippen LogP contribution in [0.2, 0.25) is 0 Å². The first kappa shape index (κ1) is 14.8. The van der Waals surface area contributed by atoms with Gasteiger partial charge in [0.1, 0.15) is 0 Å². The summed E-state index contributed by atoms with van der Waals surface area (Å²) in [6.45, 7) is 5.90. The Morgan fingerprint density at radius 1 is 0.750 bits per heavy atom. The smallest absolute Gasteiger partial charge is 0.0708 e. The highest BCUT2D eigenvalue weighted by Gasteiger charge is 2.32. The van der Waals surface area contributed by atoms with E-state index in [1.165, 1.54) is 38.6 Å². The van der Waals surface area contributed by atoms with E-state index in [1.54, 1.807) is 0 Å². The molecule has 2 heterocycles. The van der Waals surface area contributed by atoms with E-state index in [-0.39, 0.29) is 6.10 Å². The molecule has 116 valence electrons. The molecule has 2 atom stereocenters. The monoisotopic (exact) mass is 282 g/mol. The Bertz CT molecular complexity index is 288. The third kappa shape index (κ3) is 3.53. The van der Waals surface area contributed by atoms with Crippen LogP contribution in [0.4, 0.5) is 0 Å². The molecule has 1 N–H and O–H groups in total. The summed E-state index contributed by atoms with van der Waals surface area (Å²) in [5.41, 5.74) is 0. The van der Waals surface area contributed by atoms with Crippen LogP contribution in [0.1, 0.15) is 44.9 Å². The fourth-order valence-corrected chi connectivity index (χ4v) is 4.24. The Morgan fingerprint density at radius 3 is 2.20 bits per heavy atom. The molecular formula is C16H30N2O2. The molecule has 0 amide bonds. The van der Waals surface area contributed by atoms with Gasteiger partial charge in [0.15, 0.2) is 0 Å². The number of morpholine rings is 1. The van der Waals surface area contributed by atoms with Crippen molar-refractivity contribution in [1.29, 1.82) is 0 Å². The number of aliphatic hydroxyl groups is 1. The van der Waals surface area contributed by atoms with E-state index in [4.69, 9.17) is 4.74 Å². The van der Waals surface area contributed by atoms with Crippen molar-refractivity contribution >= 4 is 0 Å². The molecule has 3 rings (SSSR count). The summed E-state index contributed by atoms with van der Waals surface area (Å²) in [6.07, 6.45) is 8.88. The molecular weight excluding hydrogens is 252 g/mol. The molecule has 0 unspecified atom stereocenters. The maximum absolute atomic E-state index is 10.5. The molecule has 1 aliphatic carbocycles. The van der Waals surface area contributed by atoms with Crippen molar-refractivity contribution in [2.45, 2.75) is 63.1 Å². The number of ether oxygens (including phenoxy) is 1. The van der Waals surface area contributed by atoms with Crippen molar-refractivity contribution in [3.63, 3.8) is 0 Å². The lowest BCUT2D eigenvalue weighted by atomic mass is 9.94. The second-order valence-electron chi connectivity index (χ2n) is 6.69. The summed E-state index contributed by atoms with van der Waals surface area (Å²) in [7, 11) is 0. The Balaban J connectivity index is 1.56. The Labute approximate surface area is 123 Å². The summed E-state index contributed by atoms with van der Waals surface area (Å²) < 4.78 is 5.44. The summed E-state index contributed by atoms with van der Waals surface area (Å²) in [5.74, 6) is 0. The topological polar surface area (TPSA) is 35.9 Å². The van der Waals surface area contributed by atoms with Gasteiger partial charge in [0.05, 0.1) is 19.3 Å². The highest BCUT2D eigenvalue weighted by Crippen LogP contribution is 2.26. The van der Waals surface area contributed by atoms with Crippen LogP contribution in [0, 0.1) is 0 Å². The lowest BCUT2D eigenvalue weighted by molar-refractivity contribution is -0.0222. The maximum atomic E-state index is 10.5. The molecule has 2 saturated heterocycles. The highest BCUT2D eigenvalue weighted by molar-refractivity contribution is 4.87. The zero-order chi connectivity index (χ0) is 13.8. The van der Waals surface area contributed by atoms with Gasteiger partial charge in [-0.1, -0.05) is 19.3 Å². The van der Waals surface area contributed by atoms with E-state index >= 15 is 0 Å². The highest BCUT2D eigenvalue weighted by atomic mass is 16.5. The van der Waals surface area contributed by atoms with E-state index in [9.17, 15) is 5.11 Å². The molecule has 3 fully saturated rings. The molecule has 4 heteroatoms. The minimum atomic E-state index is -0.151. The van der Waals surface area contributed by atoms with Crippen LogP contribution in [0.15, 0.2) is 0 Å². The van der Waals surface area contributed by atoms with Crippen molar-refractivity contribution in [3.05, 3.63) is 0 Å². The summed E-state index contributed by atoms with van der Waals surface area (Å²) in [4.78, 5) is 5.13. The van der Waals surface area contributed by atoms with Crippen LogP contribution in [-0.2, 0) is 4.74 Å². The molecule has 3 aliphatic rings. The van der Waals surface area contributed by atoms with Gasteiger partial charge in [0, 0.05) is 38.3 Å². The number of rotatable bonds is 2. The van der Waals surface area contributed by atoms with Crippen molar-refractivity contribution in [1.82, 2.24) is 9.80 Å². The van der Waals surface area contributed by atoms with E-state index in [0.29, 0.717) is 6.04 Å². The second kappa shape index (κ2) is 7.21. The average molecular weight is 282 g/mol. The number of nitrogens with zero attached hydrogens (tertiary/aromatic N) is 2. The lowest BCUT2D eigenvalue weighted by Crippen LogP contribution is -2.49. The fourth-order valence-electron chi connectivity index (χ4n) is 4.24. The third-order valence-corrected chi connectivity index (χ3v) is 5.47. The summed E-state index contributed by atoms with van der Waals surface area (Å²) >= 11 is 0. The van der Waals surface area contributed by atoms with Crippen molar-refractivity contribution in [2.24, 2.45) is 0 Å². The average Bonchev–Trinajstić information content (AvgIpc) is 2.71. The van der Waals surface area contributed by atoms with Crippen LogP contribution in [0.5, 0.6) is 0 Å². The van der Waals surface area contributed by atoms with Gasteiger partial charge in [0.25, 0.3) is 0 Å². The van der Waals surface area contributed by atoms with Crippen molar-refractivity contribution < 1.29 is 9.84 Å². The molecule has 2 aliphatic heterocycles. The van der Waals surface area contributed by atoms with Gasteiger partial charge in [-0.15, -0.1) is 0 Å². The van der Waals surface area contributed by atoms with E-state index in [1.807, 2.05) is 0 Å². The number of aliphatic hydroxyl groups excluding tert-OH is 1. The Morgan fingerprint density at radius 2 is 1.45 bits per heavy atom. The van der Waals surface area contributed by atoms with Crippen LogP contribution in [-0.4, -0.2) is 72.5 Å². The Hall–Kier alpha value is -0.160. The molecule has 0 aromatic carbocycles. The molecule has 0 bridgehead atoms. The Kier molecular flexibility index (Phi) is 5.32. The minimum absolute atomic E-state index is 0.151. The first-order valence-electron chi connectivity index (χ1n) is 8.58. The summed E-state index contributed by atoms with van der Waals surface area (Å²) in [5, 5.41) is 10.5. The fraction of sp³-hybridized carbons (Fsp3) is 1.00. The standard InChI is InChI=1S/C16H30N2O2/c19-16-7-9-17(14-4-2-1-3-5-14)8-6-15(16)18-10-12-20-13-11-18/h14-16,19H,1-13H2/t15-,16-/m0/s1. The molecule has 0 aromatic rings. The van der Waals surface area contributed by atoms with Crippen LogP contribution < -0.4 is 0 Å². The normalized spacial score (nSPS) is 35.9. The first-order chi connectivity index (χ1) is 9.84. The van der Waals surface area contributed by atoms with Crippen molar-refractivity contribution in [2.75, 3.05) is 39.4 Å². The van der Waals surface area contributed by atoms with E-state index < -0.39 is 0 Å². The van der Waals surface area contributed by atoms with Gasteiger partial charge in [0.2, 0.25) is 0 Å². The quantitative estimate of drug-likeness (QED) is 0.832. The van der Waals surface area contributed by atoms with Crippen molar-refractivity contribution in [3.8, 4) is 0 Å². The number of likely N-dealkylation sites (tertiary alicyclic amines) is 1. The van der Waals surface area contributed by atoms with Gasteiger partial charge >= 0.3 is 0 Å². The molecule has 0 aromatic heterocycles. The maximum Gasteiger partial charge on any atom is 0.0708 e. The van der Waals surface area contributed by atoms with Gasteiger partial charge in [-0.2, -0.15) is 0 Å². The summed E-state index contributed by atoms with van der Waals surface area (Å²) in [6, 6.07) is 1.15. The van der Waals surface area contributed by atoms with E-state index in [0.717, 1.165) is 51.7 Å². The second-order valence-corrected chi connectivity index (χ2v) is 6.69. The minimum Gasteiger partial charge on any atom is -0.391 e. The zero-order valence-electron chi connectivity index (χ0n) is 12.7. The van der Waals surface area contributed by atoms with Gasteiger partial charge < -0.3 is 14.7 Å². The third-order valence-electron chi connectivity index (χ3n) is 5.47. The molecule has 0 spiro atoms. The SMILES string of the molecule is O[C@H]1CCN(C2CCCCC2)CC[C@@H]1N1CCOCC1. The predicted octanol–water partition coefficient (Wildman–Crippen LogP) is 1.48. The lowest BCUT2D eigenvalue weighted by Gasteiger charge is -2.36. The molecule has 0 radical (unpaired) electrons. The van der Waals surface area contributed by atoms with Crippen LogP contribution >= 0.6 is 0 Å². The number of hydrogen-bond acceptors (Lipinski definition) is 4. The number of hydrogen-bond donors (Lipinski definition) is 1.